The molecule has 2 rings (SSSR count). The molecule has 0 saturated heterocycles. The molecule has 2 aromatic rings. The zero-order valence-electron chi connectivity index (χ0n) is 8.16. The molecule has 3 heteroatoms. The summed E-state index contributed by atoms with van der Waals surface area (Å²) in [5.41, 5.74) is 3.06. The smallest absolute Gasteiger partial charge is 0.0832 e. The second-order valence-corrected chi connectivity index (χ2v) is 3.76. The molecule has 0 bridgehead atoms. The topological polar surface area (TPSA) is 17.8 Å². The van der Waals surface area contributed by atoms with Crippen molar-refractivity contribution in [3.63, 3.8) is 0 Å². The minimum atomic E-state index is 0.730. The Morgan fingerprint density at radius 1 is 1.21 bits per heavy atom. The van der Waals surface area contributed by atoms with E-state index in [1.165, 1.54) is 0 Å². The molecular formula is C11H11ClN2. The Labute approximate surface area is 88.1 Å². The number of nitrogens with zero attached hydrogens (tertiary/aromatic N) is 2. The molecule has 1 aromatic heterocycles. The van der Waals surface area contributed by atoms with E-state index in [4.69, 9.17) is 11.6 Å². The minimum absolute atomic E-state index is 0.730. The predicted octanol–water partition coefficient (Wildman–Crippen LogP) is 3.14. The molecule has 14 heavy (non-hydrogen) atoms. The van der Waals surface area contributed by atoms with Crippen molar-refractivity contribution >= 4 is 11.6 Å². The molecule has 0 radical (unpaired) electrons. The maximum absolute atomic E-state index is 6.11. The van der Waals surface area contributed by atoms with E-state index in [0.717, 1.165) is 22.0 Å². The quantitative estimate of drug-likeness (QED) is 0.701. The van der Waals surface area contributed by atoms with Gasteiger partial charge in [-0.2, -0.15) is 5.10 Å². The molecule has 0 amide bonds. The lowest BCUT2D eigenvalue weighted by atomic mass is 10.2. The lowest BCUT2D eigenvalue weighted by molar-refractivity contribution is 0.862. The summed E-state index contributed by atoms with van der Waals surface area (Å²) in [5.74, 6) is 0. The van der Waals surface area contributed by atoms with Gasteiger partial charge in [0.2, 0.25) is 0 Å². The predicted molar refractivity (Wildman–Crippen MR) is 58.0 cm³/mol. The molecule has 0 unspecified atom stereocenters. The van der Waals surface area contributed by atoms with E-state index < -0.39 is 0 Å². The minimum Gasteiger partial charge on any atom is -0.239 e. The van der Waals surface area contributed by atoms with E-state index in [-0.39, 0.29) is 0 Å². The van der Waals surface area contributed by atoms with Gasteiger partial charge in [-0.05, 0) is 37.6 Å². The van der Waals surface area contributed by atoms with Crippen molar-refractivity contribution < 1.29 is 0 Å². The van der Waals surface area contributed by atoms with Gasteiger partial charge in [-0.3, -0.25) is 0 Å². The normalized spacial score (nSPS) is 10.5. The Morgan fingerprint density at radius 2 is 2.00 bits per heavy atom. The van der Waals surface area contributed by atoms with Crippen LogP contribution in [0.1, 0.15) is 11.3 Å². The van der Waals surface area contributed by atoms with E-state index in [1.54, 1.807) is 4.68 Å². The molecule has 0 saturated carbocycles. The molecule has 0 aliphatic heterocycles. The van der Waals surface area contributed by atoms with Crippen molar-refractivity contribution in [2.45, 2.75) is 13.8 Å². The fourth-order valence-corrected chi connectivity index (χ4v) is 1.67. The van der Waals surface area contributed by atoms with E-state index in [1.807, 2.05) is 44.3 Å². The highest BCUT2D eigenvalue weighted by atomic mass is 35.5. The second-order valence-electron chi connectivity index (χ2n) is 3.36. The third-order valence-electron chi connectivity index (χ3n) is 2.07. The number of hydrogen-bond acceptors (Lipinski definition) is 1. The van der Waals surface area contributed by atoms with Gasteiger partial charge in [-0.1, -0.05) is 17.7 Å². The number of benzene rings is 1. The third kappa shape index (κ3) is 1.66. The number of rotatable bonds is 1. The fourth-order valence-electron chi connectivity index (χ4n) is 1.35. The molecule has 0 aliphatic rings. The van der Waals surface area contributed by atoms with Gasteiger partial charge in [0.25, 0.3) is 0 Å². The highest BCUT2D eigenvalue weighted by molar-refractivity contribution is 6.32. The van der Waals surface area contributed by atoms with Crippen LogP contribution in [0.25, 0.3) is 5.69 Å². The largest absolute Gasteiger partial charge is 0.239 e. The first-order chi connectivity index (χ1) is 6.66. The molecule has 0 N–H and O–H groups in total. The summed E-state index contributed by atoms with van der Waals surface area (Å²) in [5, 5.41) is 5.03. The van der Waals surface area contributed by atoms with Crippen LogP contribution >= 0.6 is 11.6 Å². The van der Waals surface area contributed by atoms with Crippen LogP contribution in [0.4, 0.5) is 0 Å². The summed E-state index contributed by atoms with van der Waals surface area (Å²) >= 11 is 6.11. The molecular weight excluding hydrogens is 196 g/mol. The number of aromatic nitrogens is 2. The molecule has 0 fully saturated rings. The van der Waals surface area contributed by atoms with Gasteiger partial charge < -0.3 is 0 Å². The lowest BCUT2D eigenvalue weighted by Crippen LogP contribution is -1.96. The van der Waals surface area contributed by atoms with E-state index in [0.29, 0.717) is 0 Å². The molecule has 72 valence electrons. The van der Waals surface area contributed by atoms with Crippen molar-refractivity contribution in [2.24, 2.45) is 0 Å². The van der Waals surface area contributed by atoms with Crippen LogP contribution in [0.15, 0.2) is 30.5 Å². The third-order valence-corrected chi connectivity index (χ3v) is 2.38. The van der Waals surface area contributed by atoms with Gasteiger partial charge in [-0.15, -0.1) is 0 Å². The maximum Gasteiger partial charge on any atom is 0.0832 e. The Hall–Kier alpha value is -1.28. The lowest BCUT2D eigenvalue weighted by Gasteiger charge is -2.04. The van der Waals surface area contributed by atoms with Gasteiger partial charge in [-0.25, -0.2) is 4.68 Å². The summed E-state index contributed by atoms with van der Waals surface area (Å²) in [7, 11) is 0. The van der Waals surface area contributed by atoms with Crippen LogP contribution in [-0.4, -0.2) is 9.78 Å². The van der Waals surface area contributed by atoms with Gasteiger partial charge >= 0.3 is 0 Å². The van der Waals surface area contributed by atoms with Crippen LogP contribution in [0.2, 0.25) is 5.02 Å². The summed E-state index contributed by atoms with van der Waals surface area (Å²) in [6, 6.07) is 7.90. The van der Waals surface area contributed by atoms with Crippen LogP contribution in [0.3, 0.4) is 0 Å². The van der Waals surface area contributed by atoms with Crippen molar-refractivity contribution in [2.75, 3.05) is 0 Å². The zero-order valence-corrected chi connectivity index (χ0v) is 8.92. The first-order valence-corrected chi connectivity index (χ1v) is 4.83. The molecule has 0 spiro atoms. The Morgan fingerprint density at radius 3 is 2.57 bits per heavy atom. The molecule has 0 aliphatic carbocycles. The maximum atomic E-state index is 6.11. The van der Waals surface area contributed by atoms with E-state index in [2.05, 4.69) is 5.10 Å². The standard InChI is InChI=1S/C11H11ClN2/c1-8-3-4-11(10(12)7-8)14-6-5-9(2)13-14/h3-7H,1-2H3. The van der Waals surface area contributed by atoms with Crippen LogP contribution < -0.4 is 0 Å². The molecule has 0 atom stereocenters. The van der Waals surface area contributed by atoms with Crippen molar-refractivity contribution in [1.29, 1.82) is 0 Å². The second kappa shape index (κ2) is 3.46. The monoisotopic (exact) mass is 206 g/mol. The van der Waals surface area contributed by atoms with Gasteiger partial charge in [0.05, 0.1) is 16.4 Å². The number of hydrogen-bond donors (Lipinski definition) is 0. The van der Waals surface area contributed by atoms with E-state index >= 15 is 0 Å². The van der Waals surface area contributed by atoms with Crippen LogP contribution in [0.5, 0.6) is 0 Å². The number of aryl methyl sites for hydroxylation is 2. The highest BCUT2D eigenvalue weighted by Gasteiger charge is 2.03. The van der Waals surface area contributed by atoms with Gasteiger partial charge in [0.1, 0.15) is 0 Å². The number of halogens is 1. The average Bonchev–Trinajstić information content (AvgIpc) is 2.51. The zero-order chi connectivity index (χ0) is 10.1. The summed E-state index contributed by atoms with van der Waals surface area (Å²) < 4.78 is 1.79. The molecule has 1 aromatic carbocycles. The summed E-state index contributed by atoms with van der Waals surface area (Å²) in [6.45, 7) is 3.97. The van der Waals surface area contributed by atoms with Gasteiger partial charge in [0.15, 0.2) is 0 Å². The SMILES string of the molecule is Cc1ccc(-n2ccc(C)n2)c(Cl)c1. The first kappa shape index (κ1) is 9.28. The fraction of sp³-hybridized carbons (Fsp3) is 0.182. The van der Waals surface area contributed by atoms with Crippen molar-refractivity contribution in [3.8, 4) is 5.69 Å². The summed E-state index contributed by atoms with van der Waals surface area (Å²) in [4.78, 5) is 0. The van der Waals surface area contributed by atoms with Crippen molar-refractivity contribution in [1.82, 2.24) is 9.78 Å². The highest BCUT2D eigenvalue weighted by Crippen LogP contribution is 2.20. The van der Waals surface area contributed by atoms with E-state index in [9.17, 15) is 0 Å². The van der Waals surface area contributed by atoms with Crippen LogP contribution in [0, 0.1) is 13.8 Å². The van der Waals surface area contributed by atoms with Gasteiger partial charge in [0, 0.05) is 6.20 Å². The Balaban J connectivity index is 2.52. The van der Waals surface area contributed by atoms with Crippen LogP contribution in [-0.2, 0) is 0 Å². The molecule has 2 nitrogen and oxygen atoms in total. The Bertz CT molecular complexity index is 460. The Kier molecular flexibility index (Phi) is 2.30. The van der Waals surface area contributed by atoms with Crippen molar-refractivity contribution in [3.05, 3.63) is 46.7 Å². The summed E-state index contributed by atoms with van der Waals surface area (Å²) in [6.07, 6.45) is 1.91. The average molecular weight is 207 g/mol. The first-order valence-electron chi connectivity index (χ1n) is 4.45. The molecule has 1 heterocycles.